The van der Waals surface area contributed by atoms with Crippen molar-refractivity contribution in [2.24, 2.45) is 0 Å². The number of halogens is 2. The van der Waals surface area contributed by atoms with Gasteiger partial charge in [0.25, 0.3) is 0 Å². The fourth-order valence-corrected chi connectivity index (χ4v) is 2.51. The van der Waals surface area contributed by atoms with Gasteiger partial charge in [0.05, 0.1) is 0 Å². The number of benzene rings is 2. The Labute approximate surface area is 117 Å². The second-order valence-electron chi connectivity index (χ2n) is 3.15. The minimum absolute atomic E-state index is 1.02. The van der Waals surface area contributed by atoms with Gasteiger partial charge in [-0.15, -0.1) is 12.6 Å². The first kappa shape index (κ1) is 11.5. The van der Waals surface area contributed by atoms with Crippen molar-refractivity contribution < 1.29 is 0 Å². The number of hydrogen-bond donors (Lipinski definition) is 1. The van der Waals surface area contributed by atoms with Gasteiger partial charge in [-0.1, -0.05) is 40.2 Å². The molecule has 76 valence electrons. The van der Waals surface area contributed by atoms with E-state index in [1.54, 1.807) is 0 Å². The molecule has 0 spiro atoms. The second-order valence-corrected chi connectivity index (χ2v) is 5.62. The van der Waals surface area contributed by atoms with Crippen LogP contribution in [0.2, 0.25) is 0 Å². The Bertz CT molecular complexity index is 479. The van der Waals surface area contributed by atoms with E-state index in [0.717, 1.165) is 9.37 Å². The van der Waals surface area contributed by atoms with Crippen LogP contribution in [0.1, 0.15) is 0 Å². The van der Waals surface area contributed by atoms with Crippen molar-refractivity contribution in [3.63, 3.8) is 0 Å². The van der Waals surface area contributed by atoms with Crippen molar-refractivity contribution in [3.8, 4) is 11.1 Å². The maximum absolute atomic E-state index is 4.42. The van der Waals surface area contributed by atoms with Crippen molar-refractivity contribution in [2.45, 2.75) is 4.90 Å². The lowest BCUT2D eigenvalue weighted by molar-refractivity contribution is 1.41. The van der Waals surface area contributed by atoms with E-state index in [0.29, 0.717) is 0 Å². The van der Waals surface area contributed by atoms with E-state index in [1.807, 2.05) is 12.1 Å². The van der Waals surface area contributed by atoms with Gasteiger partial charge in [0.1, 0.15) is 0 Å². The van der Waals surface area contributed by atoms with Crippen LogP contribution in [0.5, 0.6) is 0 Å². The Hall–Kier alpha value is -0.000000000000000111. The molecule has 0 aliphatic heterocycles. The monoisotopic (exact) mass is 390 g/mol. The van der Waals surface area contributed by atoms with E-state index in [9.17, 15) is 0 Å². The highest BCUT2D eigenvalue weighted by Gasteiger charge is 2.04. The van der Waals surface area contributed by atoms with E-state index in [-0.39, 0.29) is 0 Å². The standard InChI is InChI=1S/C12H8BrIS/c13-9-6-4-8(5-7-9)10-2-1-3-11(15)12(10)14/h1-7,15H. The molecule has 0 aliphatic rings. The summed E-state index contributed by atoms with van der Waals surface area (Å²) in [5, 5.41) is 0. The molecular formula is C12H8BrIS. The number of thiol groups is 1. The average Bonchev–Trinajstić information content (AvgIpc) is 2.24. The maximum Gasteiger partial charge on any atom is 0.0342 e. The molecule has 0 amide bonds. The molecule has 15 heavy (non-hydrogen) atoms. The van der Waals surface area contributed by atoms with Gasteiger partial charge in [-0.05, 0) is 51.9 Å². The van der Waals surface area contributed by atoms with Crippen molar-refractivity contribution in [1.29, 1.82) is 0 Å². The van der Waals surface area contributed by atoms with Crippen LogP contribution in [0.3, 0.4) is 0 Å². The summed E-state index contributed by atoms with van der Waals surface area (Å²) in [7, 11) is 0. The van der Waals surface area contributed by atoms with Crippen molar-refractivity contribution in [1.82, 2.24) is 0 Å². The molecule has 0 N–H and O–H groups in total. The highest BCUT2D eigenvalue weighted by atomic mass is 127. The van der Waals surface area contributed by atoms with Gasteiger partial charge in [-0.3, -0.25) is 0 Å². The molecule has 0 heterocycles. The summed E-state index contributed by atoms with van der Waals surface area (Å²) in [6.45, 7) is 0. The SMILES string of the molecule is Sc1cccc(-c2ccc(Br)cc2)c1I. The molecule has 0 nitrogen and oxygen atoms in total. The molecule has 0 fully saturated rings. The molecule has 0 saturated heterocycles. The molecule has 2 aromatic carbocycles. The van der Waals surface area contributed by atoms with E-state index in [4.69, 9.17) is 0 Å². The third-order valence-corrected chi connectivity index (χ3v) is 4.62. The van der Waals surface area contributed by atoms with Crippen LogP contribution in [-0.2, 0) is 0 Å². The zero-order chi connectivity index (χ0) is 10.8. The lowest BCUT2D eigenvalue weighted by atomic mass is 10.1. The summed E-state index contributed by atoms with van der Waals surface area (Å²) in [5.74, 6) is 0. The van der Waals surface area contributed by atoms with Crippen molar-refractivity contribution >= 4 is 51.1 Å². The molecule has 0 atom stereocenters. The zero-order valence-electron chi connectivity index (χ0n) is 7.74. The quantitative estimate of drug-likeness (QED) is 0.513. The van der Waals surface area contributed by atoms with E-state index in [1.165, 1.54) is 14.7 Å². The van der Waals surface area contributed by atoms with Crippen LogP contribution in [-0.4, -0.2) is 0 Å². The minimum Gasteiger partial charge on any atom is -0.142 e. The normalized spacial score (nSPS) is 10.3. The topological polar surface area (TPSA) is 0 Å². The van der Waals surface area contributed by atoms with Crippen LogP contribution in [0.4, 0.5) is 0 Å². The summed E-state index contributed by atoms with van der Waals surface area (Å²) in [6, 6.07) is 14.5. The molecule has 0 bridgehead atoms. The third kappa shape index (κ3) is 2.57. The summed E-state index contributed by atoms with van der Waals surface area (Å²) in [6.07, 6.45) is 0. The Morgan fingerprint density at radius 3 is 2.33 bits per heavy atom. The van der Waals surface area contributed by atoms with E-state index >= 15 is 0 Å². The van der Waals surface area contributed by atoms with Gasteiger partial charge in [-0.2, -0.15) is 0 Å². The van der Waals surface area contributed by atoms with Gasteiger partial charge < -0.3 is 0 Å². The Kier molecular flexibility index (Phi) is 3.74. The van der Waals surface area contributed by atoms with Gasteiger partial charge in [0, 0.05) is 12.9 Å². The second kappa shape index (κ2) is 4.89. The molecule has 2 aromatic rings. The first-order valence-corrected chi connectivity index (χ1v) is 6.74. The fraction of sp³-hybridized carbons (Fsp3) is 0. The first-order valence-electron chi connectivity index (χ1n) is 4.42. The molecule has 0 radical (unpaired) electrons. The predicted octanol–water partition coefficient (Wildman–Crippen LogP) is 5.01. The predicted molar refractivity (Wildman–Crippen MR) is 79.5 cm³/mol. The van der Waals surface area contributed by atoms with E-state index in [2.05, 4.69) is 81.5 Å². The van der Waals surface area contributed by atoms with Crippen molar-refractivity contribution in [2.75, 3.05) is 0 Å². The molecule has 0 saturated carbocycles. The van der Waals surface area contributed by atoms with Crippen LogP contribution in [0, 0.1) is 3.57 Å². The van der Waals surface area contributed by atoms with Crippen LogP contribution in [0.15, 0.2) is 51.8 Å². The lowest BCUT2D eigenvalue weighted by Gasteiger charge is -2.06. The third-order valence-electron chi connectivity index (χ3n) is 2.13. The van der Waals surface area contributed by atoms with E-state index < -0.39 is 0 Å². The van der Waals surface area contributed by atoms with Gasteiger partial charge in [0.15, 0.2) is 0 Å². The minimum atomic E-state index is 1.02. The van der Waals surface area contributed by atoms with Gasteiger partial charge in [-0.25, -0.2) is 0 Å². The summed E-state index contributed by atoms with van der Waals surface area (Å²) in [4.78, 5) is 1.02. The molecule has 2 rings (SSSR count). The Morgan fingerprint density at radius 1 is 1.00 bits per heavy atom. The summed E-state index contributed by atoms with van der Waals surface area (Å²) < 4.78 is 2.30. The Morgan fingerprint density at radius 2 is 1.67 bits per heavy atom. The van der Waals surface area contributed by atoms with Crippen LogP contribution in [0.25, 0.3) is 11.1 Å². The fourth-order valence-electron chi connectivity index (χ4n) is 1.37. The van der Waals surface area contributed by atoms with Gasteiger partial charge >= 0.3 is 0 Å². The molecule has 0 aromatic heterocycles. The number of rotatable bonds is 1. The lowest BCUT2D eigenvalue weighted by Crippen LogP contribution is -1.83. The maximum atomic E-state index is 4.42. The highest BCUT2D eigenvalue weighted by Crippen LogP contribution is 2.30. The Balaban J connectivity index is 2.54. The first-order chi connectivity index (χ1) is 7.18. The molecule has 3 heteroatoms. The molecule has 0 unspecified atom stereocenters. The van der Waals surface area contributed by atoms with Crippen molar-refractivity contribution in [3.05, 3.63) is 50.5 Å². The largest absolute Gasteiger partial charge is 0.142 e. The number of hydrogen-bond acceptors (Lipinski definition) is 1. The smallest absolute Gasteiger partial charge is 0.0342 e. The van der Waals surface area contributed by atoms with Gasteiger partial charge in [0.2, 0.25) is 0 Å². The molecular weight excluding hydrogens is 383 g/mol. The zero-order valence-corrected chi connectivity index (χ0v) is 12.4. The average molecular weight is 391 g/mol. The van der Waals surface area contributed by atoms with Crippen LogP contribution >= 0.6 is 51.1 Å². The summed E-state index contributed by atoms with van der Waals surface area (Å²) >= 11 is 10.2. The highest BCUT2D eigenvalue weighted by molar-refractivity contribution is 14.1. The summed E-state index contributed by atoms with van der Waals surface area (Å²) in [5.41, 5.74) is 2.45. The van der Waals surface area contributed by atoms with Crippen LogP contribution < -0.4 is 0 Å². The molecule has 0 aliphatic carbocycles.